The summed E-state index contributed by atoms with van der Waals surface area (Å²) in [5.74, 6) is 0.685. The third-order valence-corrected chi connectivity index (χ3v) is 3.60. The molecule has 100 valence electrons. The van der Waals surface area contributed by atoms with Gasteiger partial charge in [0, 0.05) is 24.8 Å². The van der Waals surface area contributed by atoms with Crippen LogP contribution in [0.4, 0.5) is 0 Å². The van der Waals surface area contributed by atoms with E-state index in [1.807, 2.05) is 12.1 Å². The summed E-state index contributed by atoms with van der Waals surface area (Å²) >= 11 is 5.81. The Bertz CT molecular complexity index is 349. The van der Waals surface area contributed by atoms with Crippen molar-refractivity contribution >= 4 is 11.6 Å². The normalized spacial score (nSPS) is 21.1. The molecule has 1 heterocycles. The van der Waals surface area contributed by atoms with Crippen molar-refractivity contribution in [1.29, 1.82) is 0 Å². The smallest absolute Gasteiger partial charge is 0.0914 e. The van der Waals surface area contributed by atoms with Crippen LogP contribution >= 0.6 is 11.6 Å². The van der Waals surface area contributed by atoms with E-state index in [4.69, 9.17) is 16.3 Å². The standard InChI is InChI=1S/C14H20ClNO2/c15-13-3-1-12(2-4-13)14(17)9-16-7-5-11-6-8-18-10-11/h1-4,11,14,16-17H,5-10H2. The van der Waals surface area contributed by atoms with E-state index in [1.54, 1.807) is 12.1 Å². The van der Waals surface area contributed by atoms with Crippen LogP contribution in [0.5, 0.6) is 0 Å². The summed E-state index contributed by atoms with van der Waals surface area (Å²) in [7, 11) is 0. The number of rotatable bonds is 6. The van der Waals surface area contributed by atoms with Crippen LogP contribution in [0.2, 0.25) is 5.02 Å². The van der Waals surface area contributed by atoms with Gasteiger partial charge in [0.15, 0.2) is 0 Å². The Kier molecular flexibility index (Phi) is 5.45. The van der Waals surface area contributed by atoms with Gasteiger partial charge in [0.05, 0.1) is 6.10 Å². The number of benzene rings is 1. The zero-order valence-electron chi connectivity index (χ0n) is 10.4. The van der Waals surface area contributed by atoms with Crippen LogP contribution in [0.3, 0.4) is 0 Å². The number of hydrogen-bond acceptors (Lipinski definition) is 3. The molecule has 0 radical (unpaired) electrons. The molecule has 2 N–H and O–H groups in total. The van der Waals surface area contributed by atoms with E-state index >= 15 is 0 Å². The van der Waals surface area contributed by atoms with E-state index in [0.29, 0.717) is 17.5 Å². The third kappa shape index (κ3) is 4.25. The van der Waals surface area contributed by atoms with Crippen LogP contribution in [0.15, 0.2) is 24.3 Å². The van der Waals surface area contributed by atoms with Crippen LogP contribution in [0.25, 0.3) is 0 Å². The molecule has 1 aliphatic rings. The molecule has 0 bridgehead atoms. The third-order valence-electron chi connectivity index (χ3n) is 3.35. The highest BCUT2D eigenvalue weighted by atomic mass is 35.5. The molecular weight excluding hydrogens is 250 g/mol. The lowest BCUT2D eigenvalue weighted by Gasteiger charge is -2.13. The van der Waals surface area contributed by atoms with E-state index in [-0.39, 0.29) is 0 Å². The fourth-order valence-electron chi connectivity index (χ4n) is 2.16. The first-order chi connectivity index (χ1) is 8.75. The molecule has 1 aliphatic heterocycles. The van der Waals surface area contributed by atoms with E-state index in [2.05, 4.69) is 5.32 Å². The fraction of sp³-hybridized carbons (Fsp3) is 0.571. The van der Waals surface area contributed by atoms with Gasteiger partial charge in [-0.3, -0.25) is 0 Å². The zero-order chi connectivity index (χ0) is 12.8. The summed E-state index contributed by atoms with van der Waals surface area (Å²) < 4.78 is 5.33. The Labute approximate surface area is 113 Å². The average molecular weight is 270 g/mol. The average Bonchev–Trinajstić information content (AvgIpc) is 2.88. The predicted molar refractivity (Wildman–Crippen MR) is 72.8 cm³/mol. The van der Waals surface area contributed by atoms with Gasteiger partial charge in [0.1, 0.15) is 0 Å². The summed E-state index contributed by atoms with van der Waals surface area (Å²) in [5.41, 5.74) is 0.899. The number of aliphatic hydroxyl groups is 1. The van der Waals surface area contributed by atoms with Crippen molar-refractivity contribution in [2.45, 2.75) is 18.9 Å². The minimum Gasteiger partial charge on any atom is -0.387 e. The molecule has 3 nitrogen and oxygen atoms in total. The van der Waals surface area contributed by atoms with Crippen molar-refractivity contribution in [3.8, 4) is 0 Å². The Morgan fingerprint density at radius 2 is 2.17 bits per heavy atom. The monoisotopic (exact) mass is 269 g/mol. The van der Waals surface area contributed by atoms with Crippen molar-refractivity contribution < 1.29 is 9.84 Å². The Morgan fingerprint density at radius 1 is 1.39 bits per heavy atom. The number of halogens is 1. The van der Waals surface area contributed by atoms with Gasteiger partial charge in [-0.05, 0) is 43.0 Å². The van der Waals surface area contributed by atoms with Crippen molar-refractivity contribution in [2.24, 2.45) is 5.92 Å². The van der Waals surface area contributed by atoms with E-state index in [1.165, 1.54) is 6.42 Å². The number of hydrogen-bond donors (Lipinski definition) is 2. The molecular formula is C14H20ClNO2. The Hall–Kier alpha value is -0.610. The molecule has 0 aliphatic carbocycles. The molecule has 0 aromatic heterocycles. The maximum atomic E-state index is 9.97. The largest absolute Gasteiger partial charge is 0.387 e. The highest BCUT2D eigenvalue weighted by Crippen LogP contribution is 2.17. The zero-order valence-corrected chi connectivity index (χ0v) is 11.2. The molecule has 0 saturated carbocycles. The molecule has 1 aromatic carbocycles. The van der Waals surface area contributed by atoms with Crippen molar-refractivity contribution in [2.75, 3.05) is 26.3 Å². The number of aliphatic hydroxyl groups excluding tert-OH is 1. The number of ether oxygens (including phenoxy) is 1. The molecule has 4 heteroatoms. The van der Waals surface area contributed by atoms with Crippen molar-refractivity contribution in [3.63, 3.8) is 0 Å². The molecule has 2 atom stereocenters. The Balaban J connectivity index is 1.64. The molecule has 0 spiro atoms. The number of nitrogens with one attached hydrogen (secondary N) is 1. The maximum Gasteiger partial charge on any atom is 0.0914 e. The molecule has 1 aromatic rings. The minimum atomic E-state index is -0.470. The van der Waals surface area contributed by atoms with Gasteiger partial charge in [-0.15, -0.1) is 0 Å². The molecule has 1 saturated heterocycles. The van der Waals surface area contributed by atoms with Gasteiger partial charge in [0.25, 0.3) is 0 Å². The van der Waals surface area contributed by atoms with E-state index in [9.17, 15) is 5.11 Å². The first-order valence-corrected chi connectivity index (χ1v) is 6.85. The van der Waals surface area contributed by atoms with E-state index in [0.717, 1.165) is 31.7 Å². The topological polar surface area (TPSA) is 41.5 Å². The molecule has 18 heavy (non-hydrogen) atoms. The van der Waals surface area contributed by atoms with E-state index < -0.39 is 6.10 Å². The van der Waals surface area contributed by atoms with Gasteiger partial charge in [-0.1, -0.05) is 23.7 Å². The fourth-order valence-corrected chi connectivity index (χ4v) is 2.28. The first kappa shape index (κ1) is 13.8. The first-order valence-electron chi connectivity index (χ1n) is 6.47. The summed E-state index contributed by atoms with van der Waals surface area (Å²) in [5, 5.41) is 14.0. The summed E-state index contributed by atoms with van der Waals surface area (Å²) in [6, 6.07) is 7.32. The molecule has 0 amide bonds. The lowest BCUT2D eigenvalue weighted by atomic mass is 10.1. The summed E-state index contributed by atoms with van der Waals surface area (Å²) in [6.45, 7) is 3.30. The second-order valence-corrected chi connectivity index (χ2v) is 5.23. The molecule has 2 rings (SSSR count). The van der Waals surface area contributed by atoms with Crippen LogP contribution in [-0.4, -0.2) is 31.4 Å². The van der Waals surface area contributed by atoms with Crippen LogP contribution < -0.4 is 5.32 Å². The van der Waals surface area contributed by atoms with Gasteiger partial charge in [0.2, 0.25) is 0 Å². The van der Waals surface area contributed by atoms with Crippen LogP contribution in [0.1, 0.15) is 24.5 Å². The van der Waals surface area contributed by atoms with Crippen molar-refractivity contribution in [1.82, 2.24) is 5.32 Å². The SMILES string of the molecule is OC(CNCCC1CCOC1)c1ccc(Cl)cc1. The molecule has 1 fully saturated rings. The second-order valence-electron chi connectivity index (χ2n) is 4.79. The van der Waals surface area contributed by atoms with Gasteiger partial charge < -0.3 is 15.2 Å². The summed E-state index contributed by atoms with van der Waals surface area (Å²) in [4.78, 5) is 0. The van der Waals surface area contributed by atoms with Crippen LogP contribution in [-0.2, 0) is 4.74 Å². The second kappa shape index (κ2) is 7.10. The predicted octanol–water partition coefficient (Wildman–Crippen LogP) is 2.39. The van der Waals surface area contributed by atoms with Gasteiger partial charge in [-0.25, -0.2) is 0 Å². The lowest BCUT2D eigenvalue weighted by molar-refractivity contribution is 0.171. The van der Waals surface area contributed by atoms with Crippen molar-refractivity contribution in [3.05, 3.63) is 34.9 Å². The maximum absolute atomic E-state index is 9.97. The minimum absolute atomic E-state index is 0.470. The van der Waals surface area contributed by atoms with Crippen LogP contribution in [0, 0.1) is 5.92 Å². The van der Waals surface area contributed by atoms with Gasteiger partial charge in [-0.2, -0.15) is 0 Å². The highest BCUT2D eigenvalue weighted by Gasteiger charge is 2.15. The summed E-state index contributed by atoms with van der Waals surface area (Å²) in [6.07, 6.45) is 1.82. The molecule has 2 unspecified atom stereocenters. The Morgan fingerprint density at radius 3 is 2.83 bits per heavy atom. The quantitative estimate of drug-likeness (QED) is 0.779. The lowest BCUT2D eigenvalue weighted by Crippen LogP contribution is -2.24. The highest BCUT2D eigenvalue weighted by molar-refractivity contribution is 6.30. The van der Waals surface area contributed by atoms with Gasteiger partial charge >= 0.3 is 0 Å².